The molecular weight excluding hydrogens is 202 g/mol. The van der Waals surface area contributed by atoms with Crippen LogP contribution < -0.4 is 10.5 Å². The van der Waals surface area contributed by atoms with Gasteiger partial charge in [0, 0.05) is 23.7 Å². The maximum absolute atomic E-state index is 11.9. The second kappa shape index (κ2) is 4.56. The van der Waals surface area contributed by atoms with Crippen molar-refractivity contribution in [1.82, 2.24) is 0 Å². The van der Waals surface area contributed by atoms with Gasteiger partial charge in [-0.1, -0.05) is 19.3 Å². The lowest BCUT2D eigenvalue weighted by molar-refractivity contribution is 0.0937. The van der Waals surface area contributed by atoms with Gasteiger partial charge in [-0.05, 0) is 18.1 Å². The van der Waals surface area contributed by atoms with Gasteiger partial charge in [-0.15, -0.1) is 0 Å². The monoisotopic (exact) mass is 219 g/mol. The van der Waals surface area contributed by atoms with Crippen molar-refractivity contribution >= 4 is 11.5 Å². The first-order valence-corrected chi connectivity index (χ1v) is 5.67. The lowest BCUT2D eigenvalue weighted by atomic mass is 9.81. The molecule has 2 N–H and O–H groups in total. The highest BCUT2D eigenvalue weighted by Crippen LogP contribution is 2.31. The van der Waals surface area contributed by atoms with Gasteiger partial charge in [0.1, 0.15) is 5.75 Å². The number of Topliss-reactive ketones (excluding diaryl/α,β-unsaturated/α-hetero) is 1. The van der Waals surface area contributed by atoms with Crippen molar-refractivity contribution in [2.24, 2.45) is 5.92 Å². The van der Waals surface area contributed by atoms with Crippen LogP contribution in [0.25, 0.3) is 0 Å². The van der Waals surface area contributed by atoms with Gasteiger partial charge in [-0.2, -0.15) is 0 Å². The summed E-state index contributed by atoms with van der Waals surface area (Å²) >= 11 is 0. The smallest absolute Gasteiger partial charge is 0.165 e. The van der Waals surface area contributed by atoms with Crippen LogP contribution in [0.1, 0.15) is 36.0 Å². The number of carbonyl (C=O) groups excluding carboxylic acids is 1. The Morgan fingerprint density at radius 2 is 2.25 bits per heavy atom. The van der Waals surface area contributed by atoms with E-state index in [1.165, 1.54) is 19.3 Å². The van der Waals surface area contributed by atoms with Crippen LogP contribution in [-0.4, -0.2) is 12.9 Å². The van der Waals surface area contributed by atoms with Crippen molar-refractivity contribution in [1.29, 1.82) is 0 Å². The molecule has 0 heterocycles. The van der Waals surface area contributed by atoms with E-state index in [4.69, 9.17) is 10.5 Å². The lowest BCUT2D eigenvalue weighted by Crippen LogP contribution is -2.16. The molecule has 1 aromatic rings. The number of carbonyl (C=O) groups is 1. The molecule has 0 aromatic heterocycles. The number of nitrogen functional groups attached to an aromatic ring is 1. The molecule has 0 atom stereocenters. The summed E-state index contributed by atoms with van der Waals surface area (Å²) in [6.07, 6.45) is 4.26. The summed E-state index contributed by atoms with van der Waals surface area (Å²) < 4.78 is 5.05. The topological polar surface area (TPSA) is 52.3 Å². The fourth-order valence-corrected chi connectivity index (χ4v) is 1.99. The minimum Gasteiger partial charge on any atom is -0.497 e. The average molecular weight is 219 g/mol. The highest BCUT2D eigenvalue weighted by molar-refractivity contribution is 6.01. The Kier molecular flexibility index (Phi) is 3.13. The second-order valence-corrected chi connectivity index (χ2v) is 4.38. The molecular formula is C13H17NO2. The molecule has 1 fully saturated rings. The minimum absolute atomic E-state index is 0.157. The summed E-state index contributed by atoms with van der Waals surface area (Å²) in [5.74, 6) is 1.43. The third-order valence-electron chi connectivity index (χ3n) is 3.26. The minimum atomic E-state index is 0.157. The summed E-state index contributed by atoms with van der Waals surface area (Å²) in [5.41, 5.74) is 6.98. The predicted octanol–water partition coefficient (Wildman–Crippen LogP) is 2.65. The molecule has 0 amide bonds. The number of rotatable bonds is 4. The first kappa shape index (κ1) is 11.0. The first-order valence-electron chi connectivity index (χ1n) is 5.67. The van der Waals surface area contributed by atoms with E-state index in [2.05, 4.69) is 0 Å². The summed E-state index contributed by atoms with van der Waals surface area (Å²) in [6.45, 7) is 0. The van der Waals surface area contributed by atoms with Crippen molar-refractivity contribution < 1.29 is 9.53 Å². The number of nitrogens with two attached hydrogens (primary N) is 1. The number of ether oxygens (including phenoxy) is 1. The average Bonchev–Trinajstić information content (AvgIpc) is 2.23. The van der Waals surface area contributed by atoms with Gasteiger partial charge in [0.05, 0.1) is 7.11 Å². The SMILES string of the molecule is COc1ccc(C(=O)CC2CCC2)c(N)c1. The summed E-state index contributed by atoms with van der Waals surface area (Å²) in [7, 11) is 1.59. The fourth-order valence-electron chi connectivity index (χ4n) is 1.99. The molecule has 0 saturated heterocycles. The molecule has 1 aliphatic rings. The van der Waals surface area contributed by atoms with Crippen LogP contribution in [0, 0.1) is 5.92 Å². The van der Waals surface area contributed by atoms with E-state index in [1.54, 1.807) is 25.3 Å². The Morgan fingerprint density at radius 1 is 1.50 bits per heavy atom. The molecule has 1 aliphatic carbocycles. The van der Waals surface area contributed by atoms with Crippen LogP contribution in [0.3, 0.4) is 0 Å². The van der Waals surface area contributed by atoms with E-state index in [-0.39, 0.29) is 5.78 Å². The van der Waals surface area contributed by atoms with Gasteiger partial charge in [0.25, 0.3) is 0 Å². The standard InChI is InChI=1S/C13H17NO2/c1-16-10-5-6-11(12(14)8-10)13(15)7-9-3-2-4-9/h5-6,8-9H,2-4,7,14H2,1H3. The van der Waals surface area contributed by atoms with Gasteiger partial charge in [0.15, 0.2) is 5.78 Å². The Bertz CT molecular complexity index is 397. The first-order chi connectivity index (χ1) is 7.70. The molecule has 0 radical (unpaired) electrons. The fraction of sp³-hybridized carbons (Fsp3) is 0.462. The van der Waals surface area contributed by atoms with Crippen LogP contribution in [0.5, 0.6) is 5.75 Å². The molecule has 3 nitrogen and oxygen atoms in total. The molecule has 1 saturated carbocycles. The number of methoxy groups -OCH3 is 1. The van der Waals surface area contributed by atoms with E-state index >= 15 is 0 Å². The van der Waals surface area contributed by atoms with Gasteiger partial charge < -0.3 is 10.5 Å². The normalized spacial score (nSPS) is 15.6. The number of hydrogen-bond acceptors (Lipinski definition) is 3. The Balaban J connectivity index is 2.09. The highest BCUT2D eigenvalue weighted by atomic mass is 16.5. The van der Waals surface area contributed by atoms with Gasteiger partial charge in [-0.25, -0.2) is 0 Å². The molecule has 2 rings (SSSR count). The maximum Gasteiger partial charge on any atom is 0.165 e. The van der Waals surface area contributed by atoms with E-state index in [9.17, 15) is 4.79 Å². The molecule has 0 unspecified atom stereocenters. The zero-order valence-corrected chi connectivity index (χ0v) is 9.53. The molecule has 86 valence electrons. The van der Waals surface area contributed by atoms with E-state index in [0.717, 1.165) is 0 Å². The predicted molar refractivity (Wildman–Crippen MR) is 63.7 cm³/mol. The van der Waals surface area contributed by atoms with Gasteiger partial charge in [0.2, 0.25) is 0 Å². The number of ketones is 1. The summed E-state index contributed by atoms with van der Waals surface area (Å²) in [5, 5.41) is 0. The number of hydrogen-bond donors (Lipinski definition) is 1. The Labute approximate surface area is 95.6 Å². The lowest BCUT2D eigenvalue weighted by Gasteiger charge is -2.24. The maximum atomic E-state index is 11.9. The van der Waals surface area contributed by atoms with Crippen LogP contribution in [0.2, 0.25) is 0 Å². The Hall–Kier alpha value is -1.51. The Morgan fingerprint density at radius 3 is 2.75 bits per heavy atom. The van der Waals surface area contributed by atoms with Crippen molar-refractivity contribution in [3.8, 4) is 5.75 Å². The number of benzene rings is 1. The van der Waals surface area contributed by atoms with E-state index in [1.807, 2.05) is 0 Å². The highest BCUT2D eigenvalue weighted by Gasteiger charge is 2.22. The van der Waals surface area contributed by atoms with Crippen LogP contribution in [-0.2, 0) is 0 Å². The summed E-state index contributed by atoms with van der Waals surface area (Å²) in [6, 6.07) is 5.24. The largest absolute Gasteiger partial charge is 0.497 e. The second-order valence-electron chi connectivity index (χ2n) is 4.38. The third-order valence-corrected chi connectivity index (χ3v) is 3.26. The van der Waals surface area contributed by atoms with Gasteiger partial charge >= 0.3 is 0 Å². The van der Waals surface area contributed by atoms with Crippen LogP contribution >= 0.6 is 0 Å². The number of anilines is 1. The molecule has 0 aliphatic heterocycles. The summed E-state index contributed by atoms with van der Waals surface area (Å²) in [4.78, 5) is 11.9. The van der Waals surface area contributed by atoms with E-state index < -0.39 is 0 Å². The van der Waals surface area contributed by atoms with Crippen molar-refractivity contribution in [2.75, 3.05) is 12.8 Å². The molecule has 3 heteroatoms. The molecule has 16 heavy (non-hydrogen) atoms. The van der Waals surface area contributed by atoms with Crippen molar-refractivity contribution in [2.45, 2.75) is 25.7 Å². The zero-order valence-electron chi connectivity index (χ0n) is 9.53. The van der Waals surface area contributed by atoms with Crippen LogP contribution in [0.4, 0.5) is 5.69 Å². The molecule has 0 spiro atoms. The zero-order chi connectivity index (χ0) is 11.5. The third kappa shape index (κ3) is 2.18. The van der Waals surface area contributed by atoms with Crippen LogP contribution in [0.15, 0.2) is 18.2 Å². The van der Waals surface area contributed by atoms with Crippen molar-refractivity contribution in [3.05, 3.63) is 23.8 Å². The van der Waals surface area contributed by atoms with Crippen molar-refractivity contribution in [3.63, 3.8) is 0 Å². The van der Waals surface area contributed by atoms with Gasteiger partial charge in [-0.3, -0.25) is 4.79 Å². The molecule has 0 bridgehead atoms. The quantitative estimate of drug-likeness (QED) is 0.625. The molecule has 1 aromatic carbocycles. The van der Waals surface area contributed by atoms with E-state index in [0.29, 0.717) is 29.3 Å².